The number of anilines is 1. The van der Waals surface area contributed by atoms with E-state index in [2.05, 4.69) is 20.9 Å². The Morgan fingerprint density at radius 3 is 2.45 bits per heavy atom. The molecule has 0 saturated heterocycles. The van der Waals surface area contributed by atoms with Gasteiger partial charge >= 0.3 is 0 Å². The van der Waals surface area contributed by atoms with Gasteiger partial charge in [0.05, 0.1) is 28.3 Å². The molecule has 3 unspecified atom stereocenters. The molecule has 4 rings (SSSR count). The van der Waals surface area contributed by atoms with Crippen molar-refractivity contribution in [3.63, 3.8) is 0 Å². The summed E-state index contributed by atoms with van der Waals surface area (Å²) in [5.74, 6) is 0.528. The smallest absolute Gasteiger partial charge is 0.188 e. The fraction of sp³-hybridized carbons (Fsp3) is 0.480. The third-order valence-corrected chi connectivity index (χ3v) is 7.86. The normalized spacial score (nSPS) is 23.0. The van der Waals surface area contributed by atoms with Crippen LogP contribution >= 0.6 is 0 Å². The van der Waals surface area contributed by atoms with E-state index in [1.807, 2.05) is 19.1 Å². The summed E-state index contributed by atoms with van der Waals surface area (Å²) in [5.41, 5.74) is 3.33. The van der Waals surface area contributed by atoms with Crippen LogP contribution in [0.25, 0.3) is 11.4 Å². The zero-order chi connectivity index (χ0) is 23.4. The molecule has 3 N–H and O–H groups in total. The van der Waals surface area contributed by atoms with Crippen LogP contribution in [0.2, 0.25) is 0 Å². The van der Waals surface area contributed by atoms with E-state index in [1.165, 1.54) is 31.4 Å². The fourth-order valence-electron chi connectivity index (χ4n) is 4.58. The first-order valence-electron chi connectivity index (χ1n) is 11.6. The molecular weight excluding hydrogens is 439 g/mol. The molecule has 8 heteroatoms. The second kappa shape index (κ2) is 10.2. The van der Waals surface area contributed by atoms with Gasteiger partial charge in [-0.2, -0.15) is 0 Å². The van der Waals surface area contributed by atoms with Gasteiger partial charge in [0.2, 0.25) is 0 Å². The Morgan fingerprint density at radius 1 is 1.15 bits per heavy atom. The van der Waals surface area contributed by atoms with Gasteiger partial charge < -0.3 is 20.7 Å². The number of benzene rings is 1. The summed E-state index contributed by atoms with van der Waals surface area (Å²) in [4.78, 5) is 3.63. The van der Waals surface area contributed by atoms with Crippen molar-refractivity contribution in [1.82, 2.24) is 15.6 Å². The molecule has 3 atom stereocenters. The van der Waals surface area contributed by atoms with Crippen LogP contribution in [0.4, 0.5) is 10.2 Å². The maximum atomic E-state index is 13.6. The molecule has 1 saturated carbocycles. The molecular formula is C25H33FN4O2S. The summed E-state index contributed by atoms with van der Waals surface area (Å²) < 4.78 is 32.1. The van der Waals surface area contributed by atoms with Crippen molar-refractivity contribution in [3.8, 4) is 0 Å². The summed E-state index contributed by atoms with van der Waals surface area (Å²) >= 11 is 0. The number of pyridine rings is 1. The zero-order valence-electron chi connectivity index (χ0n) is 19.5. The second-order valence-corrected chi connectivity index (χ2v) is 10.6. The molecule has 0 amide bonds. The lowest BCUT2D eigenvalue weighted by Gasteiger charge is -2.32. The minimum absolute atomic E-state index is 0.122. The number of ether oxygens (including phenoxy) is 1. The Morgan fingerprint density at radius 2 is 1.82 bits per heavy atom. The first-order chi connectivity index (χ1) is 15.9. The first-order valence-corrected chi connectivity index (χ1v) is 13.1. The molecule has 1 aliphatic carbocycles. The molecule has 2 aromatic rings. The Kier molecular flexibility index (Phi) is 7.34. The molecule has 0 bridgehead atoms. The minimum atomic E-state index is -1.28. The third-order valence-electron chi connectivity index (χ3n) is 6.51. The van der Waals surface area contributed by atoms with E-state index in [1.54, 1.807) is 31.7 Å². The van der Waals surface area contributed by atoms with Crippen LogP contribution in [-0.4, -0.2) is 39.7 Å². The van der Waals surface area contributed by atoms with E-state index in [4.69, 9.17) is 4.74 Å². The number of aromatic nitrogens is 1. The molecule has 1 fully saturated rings. The van der Waals surface area contributed by atoms with Gasteiger partial charge in [-0.3, -0.25) is 4.21 Å². The van der Waals surface area contributed by atoms with E-state index in [9.17, 15) is 8.60 Å². The maximum absolute atomic E-state index is 13.6. The Hall–Kier alpha value is -2.45. The lowest BCUT2D eigenvalue weighted by Crippen LogP contribution is -2.55. The molecule has 6 nitrogen and oxygen atoms in total. The molecule has 1 aromatic carbocycles. The van der Waals surface area contributed by atoms with E-state index >= 15 is 0 Å². The van der Waals surface area contributed by atoms with Crippen LogP contribution in [-0.2, 0) is 15.5 Å². The van der Waals surface area contributed by atoms with Crippen LogP contribution in [0.3, 0.4) is 0 Å². The number of hydrogen-bond acceptors (Lipinski definition) is 6. The predicted octanol–water partition coefficient (Wildman–Crippen LogP) is 4.44. The number of hydrogen-bond donors (Lipinski definition) is 3. The van der Waals surface area contributed by atoms with Crippen molar-refractivity contribution in [3.05, 3.63) is 59.5 Å². The first kappa shape index (κ1) is 23.7. The summed E-state index contributed by atoms with van der Waals surface area (Å²) in [7, 11) is 0.371. The third kappa shape index (κ3) is 5.38. The quantitative estimate of drug-likeness (QED) is 0.527. The van der Waals surface area contributed by atoms with Crippen LogP contribution in [0.5, 0.6) is 0 Å². The van der Waals surface area contributed by atoms with E-state index < -0.39 is 15.8 Å². The molecule has 0 spiro atoms. The van der Waals surface area contributed by atoms with Gasteiger partial charge in [-0.1, -0.05) is 19.3 Å². The van der Waals surface area contributed by atoms with Crippen molar-refractivity contribution in [2.24, 2.45) is 0 Å². The average molecular weight is 473 g/mol. The van der Waals surface area contributed by atoms with Crippen LogP contribution in [0, 0.1) is 5.82 Å². The standard InChI is InChI=1S/C25H33FN4O2S/c1-17(32-2)16-25(33(3)31)29-23(18-9-11-20(26)12-10-18)24(30-25)19-13-14-27-22(15-19)28-21-7-5-4-6-8-21/h9-15,17,21,29-30H,4-8,16H2,1-3H3,(H,27,28). The highest BCUT2D eigenvalue weighted by Crippen LogP contribution is 2.35. The lowest BCUT2D eigenvalue weighted by atomic mass is 9.95. The number of halogens is 1. The van der Waals surface area contributed by atoms with Crippen molar-refractivity contribution in [2.45, 2.75) is 62.6 Å². The Bertz CT molecular complexity index is 1020. The van der Waals surface area contributed by atoms with Crippen LogP contribution in [0.1, 0.15) is 56.6 Å². The molecule has 1 aliphatic heterocycles. The van der Waals surface area contributed by atoms with Gasteiger partial charge in [-0.25, -0.2) is 9.37 Å². The number of methoxy groups -OCH3 is 1. The maximum Gasteiger partial charge on any atom is 0.188 e. The number of nitrogens with one attached hydrogen (secondary N) is 3. The fourth-order valence-corrected chi connectivity index (χ4v) is 5.54. The predicted molar refractivity (Wildman–Crippen MR) is 132 cm³/mol. The highest BCUT2D eigenvalue weighted by atomic mass is 32.2. The average Bonchev–Trinajstić information content (AvgIpc) is 3.21. The van der Waals surface area contributed by atoms with Crippen LogP contribution < -0.4 is 16.0 Å². The van der Waals surface area contributed by atoms with Gasteiger partial charge in [-0.15, -0.1) is 0 Å². The van der Waals surface area contributed by atoms with Crippen molar-refractivity contribution >= 4 is 28.0 Å². The Balaban J connectivity index is 1.71. The molecule has 0 radical (unpaired) electrons. The molecule has 1 aromatic heterocycles. The number of nitrogens with zero attached hydrogens (tertiary/aromatic N) is 1. The van der Waals surface area contributed by atoms with Crippen molar-refractivity contribution < 1.29 is 13.3 Å². The largest absolute Gasteiger partial charge is 0.382 e. The van der Waals surface area contributed by atoms with Gasteiger partial charge in [0.1, 0.15) is 11.6 Å². The highest BCUT2D eigenvalue weighted by Gasteiger charge is 2.43. The Labute approximate surface area is 197 Å². The topological polar surface area (TPSA) is 75.3 Å². The molecule has 33 heavy (non-hydrogen) atoms. The minimum Gasteiger partial charge on any atom is -0.382 e. The molecule has 2 heterocycles. The SMILES string of the molecule is COC(C)CC1(S(C)=O)NC(c2ccc(F)cc2)=C(c2ccnc(NC3CCCCC3)c2)N1. The summed E-state index contributed by atoms with van der Waals surface area (Å²) in [6.07, 6.45) is 9.92. The summed E-state index contributed by atoms with van der Waals surface area (Å²) in [6, 6.07) is 10.7. The van der Waals surface area contributed by atoms with E-state index in [0.717, 1.165) is 41.2 Å². The summed E-state index contributed by atoms with van der Waals surface area (Å²) in [5, 5.41) is 10.6. The monoisotopic (exact) mass is 472 g/mol. The van der Waals surface area contributed by atoms with Gasteiger partial charge in [0.15, 0.2) is 4.99 Å². The van der Waals surface area contributed by atoms with Crippen molar-refractivity contribution in [1.29, 1.82) is 0 Å². The highest BCUT2D eigenvalue weighted by molar-refractivity contribution is 7.85. The number of rotatable bonds is 8. The lowest BCUT2D eigenvalue weighted by molar-refractivity contribution is 0.0960. The zero-order valence-corrected chi connectivity index (χ0v) is 20.3. The van der Waals surface area contributed by atoms with Gasteiger partial charge in [-0.05, 0) is 56.2 Å². The van der Waals surface area contributed by atoms with Gasteiger partial charge in [0.25, 0.3) is 0 Å². The molecule has 178 valence electrons. The summed E-state index contributed by atoms with van der Waals surface area (Å²) in [6.45, 7) is 1.95. The van der Waals surface area contributed by atoms with Crippen molar-refractivity contribution in [2.75, 3.05) is 18.7 Å². The van der Waals surface area contributed by atoms with E-state index in [0.29, 0.717) is 12.5 Å². The van der Waals surface area contributed by atoms with Crippen LogP contribution in [0.15, 0.2) is 42.6 Å². The molecule has 2 aliphatic rings. The van der Waals surface area contributed by atoms with Gasteiger partial charge in [0, 0.05) is 43.2 Å². The van der Waals surface area contributed by atoms with E-state index in [-0.39, 0.29) is 11.9 Å². The second-order valence-electron chi connectivity index (χ2n) is 8.95.